The molecule has 0 bridgehead atoms. The molecular weight excluding hydrogens is 284 g/mol. The van der Waals surface area contributed by atoms with Gasteiger partial charge in [0.05, 0.1) is 10.8 Å². The molecule has 0 spiro atoms. The fourth-order valence-electron chi connectivity index (χ4n) is 2.68. The van der Waals surface area contributed by atoms with Crippen molar-refractivity contribution in [3.8, 4) is 0 Å². The maximum Gasteiger partial charge on any atom is 0.199 e. The molecule has 21 heavy (non-hydrogen) atoms. The number of hydrogen-bond donors (Lipinski definition) is 1. The van der Waals surface area contributed by atoms with Crippen LogP contribution in [0, 0.1) is 12.8 Å². The number of aliphatic hydroxyl groups is 1. The average Bonchev–Trinajstić information content (AvgIpc) is 3.19. The topological polar surface area (TPSA) is 49.8 Å². The van der Waals surface area contributed by atoms with E-state index in [1.165, 1.54) is 0 Å². The van der Waals surface area contributed by atoms with Crippen LogP contribution in [0.5, 0.6) is 0 Å². The lowest BCUT2D eigenvalue weighted by Gasteiger charge is -2.23. The third-order valence-corrected chi connectivity index (χ3v) is 5.99. The van der Waals surface area contributed by atoms with Gasteiger partial charge in [0, 0.05) is 4.90 Å². The Balaban J connectivity index is 2.25. The van der Waals surface area contributed by atoms with Crippen LogP contribution in [-0.2, 0) is 15.5 Å². The Morgan fingerprint density at radius 1 is 1.33 bits per heavy atom. The first kappa shape index (κ1) is 16.7. The first-order chi connectivity index (χ1) is 9.93. The number of epoxide rings is 1. The van der Waals surface area contributed by atoms with Crippen LogP contribution in [-0.4, -0.2) is 26.5 Å². The van der Waals surface area contributed by atoms with Gasteiger partial charge in [-0.05, 0) is 31.4 Å². The van der Waals surface area contributed by atoms with E-state index in [2.05, 4.69) is 6.92 Å². The summed E-state index contributed by atoms with van der Waals surface area (Å²) in [6.45, 7) is 8.01. The van der Waals surface area contributed by atoms with E-state index in [9.17, 15) is 9.32 Å². The van der Waals surface area contributed by atoms with Crippen LogP contribution in [0.3, 0.4) is 0 Å². The average molecular weight is 310 g/mol. The zero-order valence-corrected chi connectivity index (χ0v) is 14.2. The minimum atomic E-state index is -1.35. The molecule has 1 fully saturated rings. The van der Waals surface area contributed by atoms with E-state index in [4.69, 9.17) is 4.74 Å². The van der Waals surface area contributed by atoms with E-state index >= 15 is 0 Å². The first-order valence-electron chi connectivity index (χ1n) is 7.78. The van der Waals surface area contributed by atoms with Crippen molar-refractivity contribution in [3.05, 3.63) is 29.8 Å². The highest BCUT2D eigenvalue weighted by molar-refractivity contribution is 7.86. The van der Waals surface area contributed by atoms with Crippen molar-refractivity contribution in [2.75, 3.05) is 0 Å². The standard InChI is InChI=1S/C17H26O3S/c1-5-6-7-15-17(20-15,16(18)12(2)3)21(19)14-10-8-13(4)9-11-14/h8-12,15-16,18H,5-7H2,1-4H3/t15-,16-,17+,21?/m1/s1. The van der Waals surface area contributed by atoms with Gasteiger partial charge in [-0.1, -0.05) is 51.3 Å². The van der Waals surface area contributed by atoms with Crippen molar-refractivity contribution >= 4 is 10.8 Å². The predicted molar refractivity (Wildman–Crippen MR) is 85.6 cm³/mol. The summed E-state index contributed by atoms with van der Waals surface area (Å²) in [6, 6.07) is 7.65. The summed E-state index contributed by atoms with van der Waals surface area (Å²) < 4.78 is 18.8. The third kappa shape index (κ3) is 3.22. The second-order valence-corrected chi connectivity index (χ2v) is 7.89. The molecule has 0 amide bonds. The second-order valence-electron chi connectivity index (χ2n) is 6.24. The quantitative estimate of drug-likeness (QED) is 0.785. The molecule has 0 aliphatic carbocycles. The molecule has 0 radical (unpaired) electrons. The molecule has 1 aliphatic heterocycles. The van der Waals surface area contributed by atoms with E-state index in [0.29, 0.717) is 0 Å². The predicted octanol–water partition coefficient (Wildman–Crippen LogP) is 3.40. The monoisotopic (exact) mass is 310 g/mol. The highest BCUT2D eigenvalue weighted by Gasteiger charge is 2.66. The summed E-state index contributed by atoms with van der Waals surface area (Å²) in [7, 11) is -1.35. The summed E-state index contributed by atoms with van der Waals surface area (Å²) in [5.41, 5.74) is 1.13. The van der Waals surface area contributed by atoms with Crippen molar-refractivity contribution in [1.82, 2.24) is 0 Å². The molecule has 1 unspecified atom stereocenters. The van der Waals surface area contributed by atoms with Crippen LogP contribution >= 0.6 is 0 Å². The second kappa shape index (κ2) is 6.59. The Kier molecular flexibility index (Phi) is 5.23. The molecule has 0 saturated carbocycles. The zero-order valence-electron chi connectivity index (χ0n) is 13.3. The van der Waals surface area contributed by atoms with Crippen LogP contribution in [0.15, 0.2) is 29.2 Å². The molecular formula is C17H26O3S. The lowest BCUT2D eigenvalue weighted by atomic mass is 10.00. The lowest BCUT2D eigenvalue weighted by molar-refractivity contribution is 0.0764. The van der Waals surface area contributed by atoms with Crippen molar-refractivity contribution in [2.45, 2.75) is 69.0 Å². The van der Waals surface area contributed by atoms with Gasteiger partial charge in [0.15, 0.2) is 4.93 Å². The Bertz CT molecular complexity index is 497. The number of ether oxygens (including phenoxy) is 1. The molecule has 1 aliphatic rings. The maximum atomic E-state index is 13.0. The largest absolute Gasteiger partial charge is 0.389 e. The minimum absolute atomic E-state index is 0.0195. The fourth-order valence-corrected chi connectivity index (χ4v) is 4.48. The van der Waals surface area contributed by atoms with E-state index < -0.39 is 21.8 Å². The number of hydrogen-bond acceptors (Lipinski definition) is 3. The number of aryl methyl sites for hydroxylation is 1. The molecule has 1 heterocycles. The van der Waals surface area contributed by atoms with Gasteiger partial charge in [-0.3, -0.25) is 4.21 Å². The number of aliphatic hydroxyl groups excluding tert-OH is 1. The molecule has 1 N–H and O–H groups in total. The Hall–Kier alpha value is -0.710. The van der Waals surface area contributed by atoms with Gasteiger partial charge in [-0.25, -0.2) is 0 Å². The summed E-state index contributed by atoms with van der Waals surface area (Å²) in [4.78, 5) is -0.183. The van der Waals surface area contributed by atoms with Crippen molar-refractivity contribution in [2.24, 2.45) is 5.92 Å². The highest BCUT2D eigenvalue weighted by Crippen LogP contribution is 2.49. The summed E-state index contributed by atoms with van der Waals surface area (Å²) in [5, 5.41) is 10.6. The van der Waals surface area contributed by atoms with Crippen molar-refractivity contribution in [3.63, 3.8) is 0 Å². The van der Waals surface area contributed by atoms with E-state index in [1.807, 2.05) is 45.0 Å². The van der Waals surface area contributed by atoms with Crippen LogP contribution in [0.2, 0.25) is 0 Å². The lowest BCUT2D eigenvalue weighted by Crippen LogP contribution is -2.40. The highest BCUT2D eigenvalue weighted by atomic mass is 32.2. The molecule has 0 aromatic heterocycles. The molecule has 2 rings (SSSR count). The van der Waals surface area contributed by atoms with Gasteiger partial charge in [-0.15, -0.1) is 0 Å². The normalized spacial score (nSPS) is 27.6. The molecule has 4 atom stereocenters. The summed E-state index contributed by atoms with van der Waals surface area (Å²) >= 11 is 0. The summed E-state index contributed by atoms with van der Waals surface area (Å²) in [5.74, 6) is 0.0195. The Morgan fingerprint density at radius 2 is 1.95 bits per heavy atom. The van der Waals surface area contributed by atoms with Crippen LogP contribution < -0.4 is 0 Å². The van der Waals surface area contributed by atoms with Gasteiger partial charge < -0.3 is 9.84 Å². The van der Waals surface area contributed by atoms with Crippen molar-refractivity contribution in [1.29, 1.82) is 0 Å². The fraction of sp³-hybridized carbons (Fsp3) is 0.647. The van der Waals surface area contributed by atoms with Gasteiger partial charge in [-0.2, -0.15) is 0 Å². The molecule has 4 heteroatoms. The zero-order chi connectivity index (χ0) is 15.6. The third-order valence-electron chi connectivity index (χ3n) is 4.11. The Morgan fingerprint density at radius 3 is 2.48 bits per heavy atom. The number of benzene rings is 1. The van der Waals surface area contributed by atoms with Gasteiger partial charge in [0.25, 0.3) is 0 Å². The van der Waals surface area contributed by atoms with Gasteiger partial charge >= 0.3 is 0 Å². The Labute approximate surface area is 130 Å². The maximum absolute atomic E-state index is 13.0. The molecule has 3 nitrogen and oxygen atoms in total. The van der Waals surface area contributed by atoms with Crippen molar-refractivity contribution < 1.29 is 14.1 Å². The van der Waals surface area contributed by atoms with E-state index in [0.717, 1.165) is 29.7 Å². The first-order valence-corrected chi connectivity index (χ1v) is 8.92. The molecule has 1 aromatic carbocycles. The minimum Gasteiger partial charge on any atom is -0.389 e. The van der Waals surface area contributed by atoms with E-state index in [-0.39, 0.29) is 12.0 Å². The molecule has 1 aromatic rings. The SMILES string of the molecule is CCCC[C@H]1O[C@]1([C@H](O)C(C)C)S(=O)c1ccc(C)cc1. The van der Waals surface area contributed by atoms with Crippen LogP contribution in [0.4, 0.5) is 0 Å². The molecule has 118 valence electrons. The van der Waals surface area contributed by atoms with Crippen LogP contribution in [0.1, 0.15) is 45.6 Å². The van der Waals surface area contributed by atoms with Gasteiger partial charge in [0.1, 0.15) is 12.2 Å². The molecule has 1 saturated heterocycles. The number of unbranched alkanes of at least 4 members (excludes halogenated alkanes) is 1. The summed E-state index contributed by atoms with van der Waals surface area (Å²) in [6.07, 6.45) is 2.16. The van der Waals surface area contributed by atoms with Crippen LogP contribution in [0.25, 0.3) is 0 Å². The van der Waals surface area contributed by atoms with E-state index in [1.54, 1.807) is 0 Å². The number of rotatable bonds is 7. The van der Waals surface area contributed by atoms with Gasteiger partial charge in [0.2, 0.25) is 0 Å². The smallest absolute Gasteiger partial charge is 0.199 e.